The zero-order valence-corrected chi connectivity index (χ0v) is 12.5. The van der Waals surface area contributed by atoms with Crippen LogP contribution in [-0.4, -0.2) is 9.55 Å². The molecule has 3 rings (SSSR count). The van der Waals surface area contributed by atoms with E-state index in [1.165, 1.54) is 12.1 Å². The van der Waals surface area contributed by atoms with Gasteiger partial charge in [-0.25, -0.2) is 4.39 Å². The molecule has 0 amide bonds. The summed E-state index contributed by atoms with van der Waals surface area (Å²) in [5.74, 6) is -0.275. The predicted molar refractivity (Wildman–Crippen MR) is 80.9 cm³/mol. The highest BCUT2D eigenvalue weighted by atomic mass is 79.9. The van der Waals surface area contributed by atoms with Crippen LogP contribution in [-0.2, 0) is 0 Å². The van der Waals surface area contributed by atoms with E-state index in [0.29, 0.717) is 10.3 Å². The topological polar surface area (TPSA) is 20.7 Å². The molecule has 0 saturated carbocycles. The standard InChI is InChI=1S/C14H10BrFN2S/c1-8-6-9(15)2-4-12(8)18-13-5-3-10(16)7-11(13)17-14(18)19/h2-7H,1H3,(H,17,19). The molecule has 19 heavy (non-hydrogen) atoms. The number of hydrogen-bond acceptors (Lipinski definition) is 1. The quantitative estimate of drug-likeness (QED) is 0.627. The molecular formula is C14H10BrFN2S. The van der Waals surface area contributed by atoms with Crippen molar-refractivity contribution in [3.8, 4) is 5.69 Å². The Morgan fingerprint density at radius 1 is 1.21 bits per heavy atom. The van der Waals surface area contributed by atoms with Crippen molar-refractivity contribution in [3.05, 3.63) is 57.0 Å². The van der Waals surface area contributed by atoms with Crippen molar-refractivity contribution in [2.75, 3.05) is 0 Å². The Balaban J connectivity index is 2.36. The number of nitrogens with one attached hydrogen (secondary N) is 1. The average molecular weight is 337 g/mol. The van der Waals surface area contributed by atoms with E-state index in [-0.39, 0.29) is 5.82 Å². The van der Waals surface area contributed by atoms with E-state index in [0.717, 1.165) is 21.2 Å². The minimum absolute atomic E-state index is 0.275. The normalized spacial score (nSPS) is 11.1. The zero-order chi connectivity index (χ0) is 13.6. The summed E-state index contributed by atoms with van der Waals surface area (Å²) in [4.78, 5) is 3.03. The molecule has 0 aliphatic carbocycles. The van der Waals surface area contributed by atoms with Crippen LogP contribution >= 0.6 is 28.1 Å². The van der Waals surface area contributed by atoms with Crippen LogP contribution in [0.15, 0.2) is 40.9 Å². The maximum Gasteiger partial charge on any atom is 0.182 e. The van der Waals surface area contributed by atoms with Gasteiger partial charge in [0.05, 0.1) is 16.7 Å². The SMILES string of the molecule is Cc1cc(Br)ccc1-n1c(=S)[nH]c2cc(F)ccc21. The van der Waals surface area contributed by atoms with Crippen LogP contribution < -0.4 is 0 Å². The second-order valence-electron chi connectivity index (χ2n) is 4.36. The molecule has 0 aliphatic rings. The molecule has 1 aromatic heterocycles. The first-order valence-electron chi connectivity index (χ1n) is 5.73. The third-order valence-electron chi connectivity index (χ3n) is 3.04. The summed E-state index contributed by atoms with van der Waals surface area (Å²) in [5.41, 5.74) is 3.66. The molecule has 2 aromatic carbocycles. The number of aromatic amines is 1. The van der Waals surface area contributed by atoms with Crippen LogP contribution in [0.4, 0.5) is 4.39 Å². The molecule has 0 atom stereocenters. The monoisotopic (exact) mass is 336 g/mol. The third kappa shape index (κ3) is 2.13. The molecule has 96 valence electrons. The molecule has 1 N–H and O–H groups in total. The fraction of sp³-hybridized carbons (Fsp3) is 0.0714. The summed E-state index contributed by atoms with van der Waals surface area (Å²) >= 11 is 8.79. The van der Waals surface area contributed by atoms with Gasteiger partial charge in [-0.2, -0.15) is 0 Å². The number of imidazole rings is 1. The van der Waals surface area contributed by atoms with Crippen molar-refractivity contribution >= 4 is 39.2 Å². The Morgan fingerprint density at radius 3 is 2.74 bits per heavy atom. The van der Waals surface area contributed by atoms with Crippen LogP contribution in [0.5, 0.6) is 0 Å². The number of benzene rings is 2. The maximum absolute atomic E-state index is 13.2. The lowest BCUT2D eigenvalue weighted by molar-refractivity contribution is 0.629. The molecule has 0 bridgehead atoms. The summed E-state index contributed by atoms with van der Waals surface area (Å²) < 4.78 is 16.7. The molecular weight excluding hydrogens is 327 g/mol. The summed E-state index contributed by atoms with van der Waals surface area (Å²) in [6.45, 7) is 2.02. The van der Waals surface area contributed by atoms with E-state index in [1.807, 2.05) is 29.7 Å². The summed E-state index contributed by atoms with van der Waals surface area (Å²) in [6.07, 6.45) is 0. The average Bonchev–Trinajstić information content (AvgIpc) is 2.65. The van der Waals surface area contributed by atoms with Crippen molar-refractivity contribution in [1.82, 2.24) is 9.55 Å². The lowest BCUT2D eigenvalue weighted by atomic mass is 10.2. The molecule has 1 heterocycles. The van der Waals surface area contributed by atoms with Crippen LogP contribution in [0.2, 0.25) is 0 Å². The number of H-pyrrole nitrogens is 1. The minimum atomic E-state index is -0.275. The van der Waals surface area contributed by atoms with Gasteiger partial charge in [0.2, 0.25) is 0 Å². The molecule has 0 unspecified atom stereocenters. The zero-order valence-electron chi connectivity index (χ0n) is 10.1. The van der Waals surface area contributed by atoms with Gasteiger partial charge in [0.25, 0.3) is 0 Å². The first kappa shape index (κ1) is 12.6. The molecule has 0 spiro atoms. The lowest BCUT2D eigenvalue weighted by Gasteiger charge is -2.08. The molecule has 0 aliphatic heterocycles. The largest absolute Gasteiger partial charge is 0.330 e. The molecule has 0 radical (unpaired) electrons. The van der Waals surface area contributed by atoms with Crippen LogP contribution in [0, 0.1) is 17.5 Å². The van der Waals surface area contributed by atoms with E-state index in [1.54, 1.807) is 6.07 Å². The second-order valence-corrected chi connectivity index (χ2v) is 5.66. The van der Waals surface area contributed by atoms with E-state index >= 15 is 0 Å². The number of fused-ring (bicyclic) bond motifs is 1. The van der Waals surface area contributed by atoms with E-state index < -0.39 is 0 Å². The summed E-state index contributed by atoms with van der Waals surface area (Å²) in [6, 6.07) is 10.6. The van der Waals surface area contributed by atoms with Crippen molar-refractivity contribution in [2.24, 2.45) is 0 Å². The van der Waals surface area contributed by atoms with Gasteiger partial charge in [0.1, 0.15) is 5.82 Å². The Morgan fingerprint density at radius 2 is 2.00 bits per heavy atom. The van der Waals surface area contributed by atoms with Crippen LogP contribution in [0.3, 0.4) is 0 Å². The van der Waals surface area contributed by atoms with Crippen molar-refractivity contribution in [2.45, 2.75) is 6.92 Å². The van der Waals surface area contributed by atoms with Gasteiger partial charge in [0.15, 0.2) is 4.77 Å². The smallest absolute Gasteiger partial charge is 0.182 e. The minimum Gasteiger partial charge on any atom is -0.330 e. The Kier molecular flexibility index (Phi) is 3.03. The number of nitrogens with zero attached hydrogens (tertiary/aromatic N) is 1. The first-order chi connectivity index (χ1) is 9.06. The number of rotatable bonds is 1. The molecule has 5 heteroatoms. The maximum atomic E-state index is 13.2. The van der Waals surface area contributed by atoms with Gasteiger partial charge in [-0.15, -0.1) is 0 Å². The van der Waals surface area contributed by atoms with Gasteiger partial charge >= 0.3 is 0 Å². The van der Waals surface area contributed by atoms with Gasteiger partial charge in [-0.05, 0) is 61.1 Å². The highest BCUT2D eigenvalue weighted by Crippen LogP contribution is 2.24. The first-order valence-corrected chi connectivity index (χ1v) is 6.93. The van der Waals surface area contributed by atoms with E-state index in [2.05, 4.69) is 20.9 Å². The predicted octanol–water partition coefficient (Wildman–Crippen LogP) is 4.90. The van der Waals surface area contributed by atoms with Crippen molar-refractivity contribution in [3.63, 3.8) is 0 Å². The second kappa shape index (κ2) is 4.58. The van der Waals surface area contributed by atoms with Crippen LogP contribution in [0.1, 0.15) is 5.56 Å². The number of hydrogen-bond donors (Lipinski definition) is 1. The lowest BCUT2D eigenvalue weighted by Crippen LogP contribution is -1.96. The fourth-order valence-electron chi connectivity index (χ4n) is 2.19. The molecule has 3 aromatic rings. The Hall–Kier alpha value is -1.46. The Labute approximate surface area is 123 Å². The third-order valence-corrected chi connectivity index (χ3v) is 3.82. The molecule has 0 fully saturated rings. The van der Waals surface area contributed by atoms with E-state index in [9.17, 15) is 4.39 Å². The molecule has 0 saturated heterocycles. The van der Waals surface area contributed by atoms with Crippen molar-refractivity contribution in [1.29, 1.82) is 0 Å². The highest BCUT2D eigenvalue weighted by molar-refractivity contribution is 9.10. The number of halogens is 2. The highest BCUT2D eigenvalue weighted by Gasteiger charge is 2.09. The summed E-state index contributed by atoms with van der Waals surface area (Å²) in [5, 5.41) is 0. The van der Waals surface area contributed by atoms with E-state index in [4.69, 9.17) is 12.2 Å². The van der Waals surface area contributed by atoms with Gasteiger partial charge < -0.3 is 4.98 Å². The fourth-order valence-corrected chi connectivity index (χ4v) is 2.98. The number of aromatic nitrogens is 2. The number of aryl methyl sites for hydroxylation is 1. The van der Waals surface area contributed by atoms with Gasteiger partial charge in [0, 0.05) is 4.47 Å². The van der Waals surface area contributed by atoms with Gasteiger partial charge in [-0.3, -0.25) is 4.57 Å². The van der Waals surface area contributed by atoms with Crippen molar-refractivity contribution < 1.29 is 4.39 Å². The van der Waals surface area contributed by atoms with Crippen LogP contribution in [0.25, 0.3) is 16.7 Å². The Bertz CT molecular complexity index is 835. The molecule has 2 nitrogen and oxygen atoms in total. The van der Waals surface area contributed by atoms with Gasteiger partial charge in [-0.1, -0.05) is 15.9 Å². The summed E-state index contributed by atoms with van der Waals surface area (Å²) in [7, 11) is 0.